The third-order valence-electron chi connectivity index (χ3n) is 5.32. The van der Waals surface area contributed by atoms with Crippen molar-refractivity contribution in [2.45, 2.75) is 6.42 Å². The van der Waals surface area contributed by atoms with Crippen LogP contribution >= 0.6 is 0 Å². The van der Waals surface area contributed by atoms with Crippen molar-refractivity contribution in [3.63, 3.8) is 0 Å². The van der Waals surface area contributed by atoms with E-state index in [1.54, 1.807) is 18.2 Å². The number of para-hydroxylation sites is 1. The Hall–Kier alpha value is -3.58. The number of benzene rings is 2. The first-order valence-electron chi connectivity index (χ1n) is 10.1. The van der Waals surface area contributed by atoms with Gasteiger partial charge in [0.1, 0.15) is 11.6 Å². The van der Waals surface area contributed by atoms with Gasteiger partial charge in [-0.25, -0.2) is 4.39 Å². The molecule has 0 unspecified atom stereocenters. The summed E-state index contributed by atoms with van der Waals surface area (Å²) in [5.41, 5.74) is 10.6. The zero-order valence-electron chi connectivity index (χ0n) is 17.3. The van der Waals surface area contributed by atoms with Gasteiger partial charge >= 0.3 is 0 Å². The van der Waals surface area contributed by atoms with Gasteiger partial charge in [0.25, 0.3) is 5.91 Å². The Bertz CT molecular complexity index is 1090. The van der Waals surface area contributed by atoms with E-state index in [1.807, 2.05) is 37.5 Å². The lowest BCUT2D eigenvalue weighted by Crippen LogP contribution is -2.39. The van der Waals surface area contributed by atoms with E-state index in [0.717, 1.165) is 16.8 Å². The molecule has 4 N–H and O–H groups in total. The maximum Gasteiger partial charge on any atom is 0.264 e. The minimum absolute atomic E-state index is 0.0155. The van der Waals surface area contributed by atoms with Gasteiger partial charge in [0.05, 0.1) is 11.3 Å². The zero-order valence-corrected chi connectivity index (χ0v) is 17.3. The van der Waals surface area contributed by atoms with Gasteiger partial charge in [0, 0.05) is 37.6 Å². The normalized spacial score (nSPS) is 16.0. The molecule has 2 heterocycles. The van der Waals surface area contributed by atoms with Crippen LogP contribution in [0.4, 0.5) is 10.1 Å². The monoisotopic (exact) mass is 420 g/mol. The number of carbonyl (C=O) groups is 1. The van der Waals surface area contributed by atoms with Gasteiger partial charge in [0.15, 0.2) is 6.73 Å². The molecule has 160 valence electrons. The van der Waals surface area contributed by atoms with Crippen LogP contribution in [-0.2, 0) is 6.42 Å². The number of dihydropyridines is 1. The Morgan fingerprint density at radius 1 is 1.29 bits per heavy atom. The number of nitrogens with one attached hydrogen (secondary N) is 2. The van der Waals surface area contributed by atoms with Crippen molar-refractivity contribution in [1.29, 1.82) is 0 Å². The number of allylic oxidation sites excluding steroid dienone is 2. The number of fused-ring (bicyclic) bond motifs is 1. The predicted octanol–water partition coefficient (Wildman–Crippen LogP) is 2.84. The highest BCUT2D eigenvalue weighted by atomic mass is 19.1. The summed E-state index contributed by atoms with van der Waals surface area (Å²) in [6.07, 6.45) is 6.66. The van der Waals surface area contributed by atoms with Crippen molar-refractivity contribution in [2.75, 3.05) is 31.8 Å². The van der Waals surface area contributed by atoms with Gasteiger partial charge in [-0.3, -0.25) is 9.69 Å². The van der Waals surface area contributed by atoms with Gasteiger partial charge in [-0.1, -0.05) is 24.3 Å². The van der Waals surface area contributed by atoms with E-state index in [4.69, 9.17) is 10.5 Å². The summed E-state index contributed by atoms with van der Waals surface area (Å²) >= 11 is 0. The summed E-state index contributed by atoms with van der Waals surface area (Å²) in [7, 11) is 1.84. The number of nitrogens with zero attached hydrogens (tertiary/aromatic N) is 1. The van der Waals surface area contributed by atoms with Crippen molar-refractivity contribution < 1.29 is 13.9 Å². The number of carbonyl (C=O) groups excluding carboxylic acids is 1. The average Bonchev–Trinajstić information content (AvgIpc) is 2.79. The van der Waals surface area contributed by atoms with Gasteiger partial charge in [-0.15, -0.1) is 0 Å². The van der Waals surface area contributed by atoms with Gasteiger partial charge < -0.3 is 21.1 Å². The first-order chi connectivity index (χ1) is 15.1. The minimum atomic E-state index is -0.454. The third kappa shape index (κ3) is 4.32. The van der Waals surface area contributed by atoms with E-state index in [9.17, 15) is 9.18 Å². The molecular formula is C24H25FN4O2. The van der Waals surface area contributed by atoms with E-state index >= 15 is 0 Å². The van der Waals surface area contributed by atoms with E-state index in [0.29, 0.717) is 30.8 Å². The van der Waals surface area contributed by atoms with Gasteiger partial charge in [-0.05, 0) is 47.9 Å². The summed E-state index contributed by atoms with van der Waals surface area (Å²) in [5.74, 6) is -0.204. The van der Waals surface area contributed by atoms with Crippen LogP contribution in [0.1, 0.15) is 15.9 Å². The number of halogens is 1. The molecule has 0 saturated heterocycles. The molecule has 0 aromatic heterocycles. The first kappa shape index (κ1) is 20.7. The molecule has 6 nitrogen and oxygen atoms in total. The standard InChI is InChI=1S/C24H25FN4O2/c1-27-14-18(12-26)21-8-6-17(13-28-21)10-16-7-9-23-19(11-16)24(30)29(15-31-23)22-5-3-2-4-20(22)25/h2-9,11,14,27-28H,10,12-13,15,26H2,1H3/b18-14+. The number of rotatable bonds is 6. The molecule has 31 heavy (non-hydrogen) atoms. The summed E-state index contributed by atoms with van der Waals surface area (Å²) in [5, 5.41) is 6.40. The Labute approximate surface area is 180 Å². The highest BCUT2D eigenvalue weighted by Crippen LogP contribution is 2.31. The first-order valence-corrected chi connectivity index (χ1v) is 10.1. The third-order valence-corrected chi connectivity index (χ3v) is 5.32. The van der Waals surface area contributed by atoms with Crippen molar-refractivity contribution in [2.24, 2.45) is 5.73 Å². The second-order valence-corrected chi connectivity index (χ2v) is 7.39. The van der Waals surface area contributed by atoms with Crippen molar-refractivity contribution >= 4 is 11.6 Å². The maximum atomic E-state index is 14.2. The number of ether oxygens (including phenoxy) is 1. The predicted molar refractivity (Wildman–Crippen MR) is 119 cm³/mol. The molecular weight excluding hydrogens is 395 g/mol. The summed E-state index contributed by atoms with van der Waals surface area (Å²) in [6.45, 7) is 1.11. The molecule has 1 amide bonds. The van der Waals surface area contributed by atoms with E-state index in [-0.39, 0.29) is 18.3 Å². The number of anilines is 1. The van der Waals surface area contributed by atoms with Crippen LogP contribution < -0.4 is 26.0 Å². The van der Waals surface area contributed by atoms with Crippen LogP contribution in [-0.4, -0.2) is 32.8 Å². The number of amides is 1. The summed E-state index contributed by atoms with van der Waals surface area (Å²) in [4.78, 5) is 14.4. The molecule has 2 aliphatic rings. The molecule has 4 rings (SSSR count). The molecule has 7 heteroatoms. The highest BCUT2D eigenvalue weighted by Gasteiger charge is 2.28. The van der Waals surface area contributed by atoms with Crippen LogP contribution in [0.2, 0.25) is 0 Å². The van der Waals surface area contributed by atoms with Crippen LogP contribution in [0.25, 0.3) is 0 Å². The molecule has 2 aromatic rings. The quantitative estimate of drug-likeness (QED) is 0.670. The van der Waals surface area contributed by atoms with Crippen LogP contribution in [0.3, 0.4) is 0 Å². The molecule has 0 atom stereocenters. The fourth-order valence-corrected chi connectivity index (χ4v) is 3.72. The molecule has 2 aromatic carbocycles. The van der Waals surface area contributed by atoms with Crippen molar-refractivity contribution in [1.82, 2.24) is 10.6 Å². The topological polar surface area (TPSA) is 79.6 Å². The fourth-order valence-electron chi connectivity index (χ4n) is 3.72. The lowest BCUT2D eigenvalue weighted by molar-refractivity contribution is 0.0935. The van der Waals surface area contributed by atoms with Crippen molar-refractivity contribution in [3.8, 4) is 5.75 Å². The van der Waals surface area contributed by atoms with E-state index in [1.165, 1.54) is 16.5 Å². The summed E-state index contributed by atoms with van der Waals surface area (Å²) < 4.78 is 19.9. The molecule has 0 aliphatic carbocycles. The second kappa shape index (κ2) is 9.06. The molecule has 0 saturated carbocycles. The second-order valence-electron chi connectivity index (χ2n) is 7.39. The molecule has 0 bridgehead atoms. The maximum absolute atomic E-state index is 14.2. The van der Waals surface area contributed by atoms with E-state index in [2.05, 4.69) is 16.7 Å². The Balaban J connectivity index is 1.54. The number of hydrogen-bond donors (Lipinski definition) is 3. The minimum Gasteiger partial charge on any atom is -0.472 e. The molecule has 0 spiro atoms. The number of hydrogen-bond acceptors (Lipinski definition) is 5. The smallest absolute Gasteiger partial charge is 0.264 e. The van der Waals surface area contributed by atoms with Gasteiger partial charge in [-0.2, -0.15) is 0 Å². The van der Waals surface area contributed by atoms with Crippen LogP contribution in [0.5, 0.6) is 5.75 Å². The zero-order chi connectivity index (χ0) is 21.8. The molecule has 0 fully saturated rings. The summed E-state index contributed by atoms with van der Waals surface area (Å²) in [6, 6.07) is 11.8. The Morgan fingerprint density at radius 2 is 2.13 bits per heavy atom. The fraction of sp³-hybridized carbons (Fsp3) is 0.208. The Morgan fingerprint density at radius 3 is 2.84 bits per heavy atom. The van der Waals surface area contributed by atoms with Gasteiger partial charge in [0.2, 0.25) is 0 Å². The number of nitrogens with two attached hydrogens (primary N) is 1. The van der Waals surface area contributed by atoms with E-state index < -0.39 is 5.82 Å². The average molecular weight is 420 g/mol. The SMILES string of the molecule is CN/C=C(\CN)C1=CC=C(Cc2ccc3c(c2)C(=O)N(c2ccccc2F)CO3)CN1. The Kier molecular flexibility index (Phi) is 6.04. The highest BCUT2D eigenvalue weighted by molar-refractivity contribution is 6.08. The lowest BCUT2D eigenvalue weighted by Gasteiger charge is -2.29. The molecule has 0 radical (unpaired) electrons. The van der Waals surface area contributed by atoms with Crippen molar-refractivity contribution in [3.05, 3.63) is 94.6 Å². The molecule has 2 aliphatic heterocycles. The van der Waals surface area contributed by atoms with Crippen LogP contribution in [0, 0.1) is 5.82 Å². The lowest BCUT2D eigenvalue weighted by atomic mass is 9.98. The largest absolute Gasteiger partial charge is 0.472 e. The van der Waals surface area contributed by atoms with Crippen LogP contribution in [0.15, 0.2) is 77.7 Å².